The van der Waals surface area contributed by atoms with E-state index in [-0.39, 0.29) is 6.04 Å². The van der Waals surface area contributed by atoms with Gasteiger partial charge in [0.25, 0.3) is 0 Å². The van der Waals surface area contributed by atoms with Gasteiger partial charge in [-0.1, -0.05) is 36.4 Å². The lowest BCUT2D eigenvalue weighted by Crippen LogP contribution is -2.29. The zero-order valence-electron chi connectivity index (χ0n) is 11.7. The van der Waals surface area contributed by atoms with E-state index < -0.39 is 0 Å². The fourth-order valence-electron chi connectivity index (χ4n) is 2.55. The fourth-order valence-corrected chi connectivity index (χ4v) is 2.55. The van der Waals surface area contributed by atoms with Crippen LogP contribution in [-0.2, 0) is 6.42 Å². The van der Waals surface area contributed by atoms with Gasteiger partial charge in [0.1, 0.15) is 5.82 Å². The van der Waals surface area contributed by atoms with Gasteiger partial charge in [-0.25, -0.2) is 4.98 Å². The van der Waals surface area contributed by atoms with Crippen molar-refractivity contribution in [3.8, 4) is 0 Å². The van der Waals surface area contributed by atoms with E-state index in [9.17, 15) is 0 Å². The molecule has 0 saturated carbocycles. The van der Waals surface area contributed by atoms with Gasteiger partial charge in [-0.2, -0.15) is 0 Å². The quantitative estimate of drug-likeness (QED) is 0.506. The second-order valence-electron chi connectivity index (χ2n) is 5.12. The predicted octanol–water partition coefficient (Wildman–Crippen LogP) is 2.56. The maximum atomic E-state index is 5.74. The van der Waals surface area contributed by atoms with Crippen molar-refractivity contribution in [1.82, 2.24) is 10.4 Å². The standard InChI is InChI=1S/C17H18N4/c18-17-10-12(7-8-20-17)9-16(21-19)15-6-5-13-3-1-2-4-14(13)11-15/h1-8,10-11,16,21H,9,19H2,(H2,18,20). The van der Waals surface area contributed by atoms with Gasteiger partial charge < -0.3 is 5.73 Å². The summed E-state index contributed by atoms with van der Waals surface area (Å²) in [6.07, 6.45) is 2.49. The molecule has 1 atom stereocenters. The molecule has 0 radical (unpaired) electrons. The number of nitrogens with one attached hydrogen (secondary N) is 1. The molecular weight excluding hydrogens is 260 g/mol. The van der Waals surface area contributed by atoms with Crippen molar-refractivity contribution < 1.29 is 0 Å². The van der Waals surface area contributed by atoms with E-state index in [1.54, 1.807) is 6.20 Å². The van der Waals surface area contributed by atoms with Gasteiger partial charge in [0.05, 0.1) is 6.04 Å². The van der Waals surface area contributed by atoms with Crippen LogP contribution in [0.5, 0.6) is 0 Å². The SMILES string of the molecule is NNC(Cc1ccnc(N)c1)c1ccc2ccccc2c1. The van der Waals surface area contributed by atoms with Gasteiger partial charge in [0, 0.05) is 6.20 Å². The molecule has 0 amide bonds. The van der Waals surface area contributed by atoms with Crippen LogP contribution in [0.4, 0.5) is 5.82 Å². The van der Waals surface area contributed by atoms with Crippen LogP contribution >= 0.6 is 0 Å². The number of hydrazine groups is 1. The van der Waals surface area contributed by atoms with Crippen LogP contribution in [0.2, 0.25) is 0 Å². The number of hydrogen-bond donors (Lipinski definition) is 3. The van der Waals surface area contributed by atoms with E-state index >= 15 is 0 Å². The Morgan fingerprint density at radius 1 is 1.00 bits per heavy atom. The average Bonchev–Trinajstić information content (AvgIpc) is 2.52. The minimum Gasteiger partial charge on any atom is -0.384 e. The fraction of sp³-hybridized carbons (Fsp3) is 0.118. The van der Waals surface area contributed by atoms with Crippen molar-refractivity contribution >= 4 is 16.6 Å². The van der Waals surface area contributed by atoms with Gasteiger partial charge in [-0.05, 0) is 46.5 Å². The largest absolute Gasteiger partial charge is 0.384 e. The van der Waals surface area contributed by atoms with E-state index in [1.807, 2.05) is 24.3 Å². The average molecular weight is 278 g/mol. The van der Waals surface area contributed by atoms with Crippen LogP contribution in [0, 0.1) is 0 Å². The summed E-state index contributed by atoms with van der Waals surface area (Å²) in [5, 5.41) is 2.44. The van der Waals surface area contributed by atoms with Gasteiger partial charge in [0.15, 0.2) is 0 Å². The molecule has 21 heavy (non-hydrogen) atoms. The van der Waals surface area contributed by atoms with Crippen LogP contribution in [0.3, 0.4) is 0 Å². The number of pyridine rings is 1. The molecule has 1 unspecified atom stereocenters. The number of fused-ring (bicyclic) bond motifs is 1. The topological polar surface area (TPSA) is 77.0 Å². The lowest BCUT2D eigenvalue weighted by atomic mass is 9.97. The highest BCUT2D eigenvalue weighted by atomic mass is 15.2. The molecule has 0 aliphatic rings. The molecule has 5 N–H and O–H groups in total. The summed E-state index contributed by atoms with van der Waals surface area (Å²) < 4.78 is 0. The molecule has 3 rings (SSSR count). The number of hydrogen-bond acceptors (Lipinski definition) is 4. The molecule has 4 nitrogen and oxygen atoms in total. The number of benzene rings is 2. The first kappa shape index (κ1) is 13.5. The van der Waals surface area contributed by atoms with Gasteiger partial charge in [-0.15, -0.1) is 0 Å². The number of anilines is 1. The Morgan fingerprint density at radius 3 is 2.57 bits per heavy atom. The summed E-state index contributed by atoms with van der Waals surface area (Å²) in [5.41, 5.74) is 10.9. The van der Waals surface area contributed by atoms with Gasteiger partial charge in [0.2, 0.25) is 0 Å². The van der Waals surface area contributed by atoms with Crippen LogP contribution < -0.4 is 17.0 Å². The Kier molecular flexibility index (Phi) is 3.81. The maximum Gasteiger partial charge on any atom is 0.123 e. The first-order valence-electron chi connectivity index (χ1n) is 6.91. The molecule has 0 fully saturated rings. The van der Waals surface area contributed by atoms with E-state index in [0.717, 1.165) is 17.5 Å². The number of nitrogens with zero attached hydrogens (tertiary/aromatic N) is 1. The van der Waals surface area contributed by atoms with Crippen LogP contribution in [0.25, 0.3) is 10.8 Å². The Labute approximate surface area is 123 Å². The van der Waals surface area contributed by atoms with Crippen molar-refractivity contribution in [1.29, 1.82) is 0 Å². The minimum atomic E-state index is 0.0383. The number of nitrogen functional groups attached to an aromatic ring is 1. The summed E-state index contributed by atoms with van der Waals surface area (Å²) in [7, 11) is 0. The Bertz CT molecular complexity index is 754. The Balaban J connectivity index is 1.90. The normalized spacial score (nSPS) is 12.4. The zero-order valence-corrected chi connectivity index (χ0v) is 11.7. The molecule has 0 aliphatic carbocycles. The summed E-state index contributed by atoms with van der Waals surface area (Å²) in [6, 6.07) is 18.6. The molecule has 1 aromatic heterocycles. The highest BCUT2D eigenvalue weighted by Gasteiger charge is 2.11. The molecule has 0 bridgehead atoms. The molecule has 3 aromatic rings. The number of rotatable bonds is 4. The maximum absolute atomic E-state index is 5.74. The molecule has 2 aromatic carbocycles. The molecule has 0 saturated heterocycles. The van der Waals surface area contributed by atoms with E-state index in [4.69, 9.17) is 11.6 Å². The second kappa shape index (κ2) is 5.91. The van der Waals surface area contributed by atoms with Crippen molar-refractivity contribution in [3.05, 3.63) is 71.9 Å². The predicted molar refractivity (Wildman–Crippen MR) is 86.4 cm³/mol. The van der Waals surface area contributed by atoms with Crippen molar-refractivity contribution in [2.75, 3.05) is 5.73 Å². The number of nitrogens with two attached hydrogens (primary N) is 2. The first-order valence-corrected chi connectivity index (χ1v) is 6.91. The van der Waals surface area contributed by atoms with Crippen molar-refractivity contribution in [2.45, 2.75) is 12.5 Å². The molecule has 4 heteroatoms. The first-order chi connectivity index (χ1) is 10.3. The highest BCUT2D eigenvalue weighted by Crippen LogP contribution is 2.23. The van der Waals surface area contributed by atoms with Crippen LogP contribution in [0.15, 0.2) is 60.8 Å². The third kappa shape index (κ3) is 3.02. The van der Waals surface area contributed by atoms with Crippen molar-refractivity contribution in [2.24, 2.45) is 5.84 Å². The monoisotopic (exact) mass is 278 g/mol. The minimum absolute atomic E-state index is 0.0383. The smallest absolute Gasteiger partial charge is 0.123 e. The van der Waals surface area contributed by atoms with Crippen LogP contribution in [-0.4, -0.2) is 4.98 Å². The molecular formula is C17H18N4. The Hall–Kier alpha value is -2.43. The third-order valence-corrected chi connectivity index (χ3v) is 3.66. The summed E-state index contributed by atoms with van der Waals surface area (Å²) in [6.45, 7) is 0. The summed E-state index contributed by atoms with van der Waals surface area (Å²) >= 11 is 0. The van der Waals surface area contributed by atoms with E-state index in [1.165, 1.54) is 10.8 Å². The summed E-state index contributed by atoms with van der Waals surface area (Å²) in [4.78, 5) is 4.01. The van der Waals surface area contributed by atoms with Crippen LogP contribution in [0.1, 0.15) is 17.2 Å². The lowest BCUT2D eigenvalue weighted by Gasteiger charge is -2.17. The van der Waals surface area contributed by atoms with Gasteiger partial charge in [-0.3, -0.25) is 11.3 Å². The summed E-state index contributed by atoms with van der Waals surface area (Å²) in [5.74, 6) is 6.27. The second-order valence-corrected chi connectivity index (χ2v) is 5.12. The Morgan fingerprint density at radius 2 is 1.81 bits per heavy atom. The highest BCUT2D eigenvalue weighted by molar-refractivity contribution is 5.83. The molecule has 0 aliphatic heterocycles. The molecule has 106 valence electrons. The molecule has 1 heterocycles. The number of aromatic nitrogens is 1. The zero-order chi connectivity index (χ0) is 14.7. The van der Waals surface area contributed by atoms with Crippen molar-refractivity contribution in [3.63, 3.8) is 0 Å². The van der Waals surface area contributed by atoms with Gasteiger partial charge >= 0.3 is 0 Å². The third-order valence-electron chi connectivity index (χ3n) is 3.66. The lowest BCUT2D eigenvalue weighted by molar-refractivity contribution is 0.552. The molecule has 0 spiro atoms. The van der Waals surface area contributed by atoms with E-state index in [0.29, 0.717) is 5.82 Å². The van der Waals surface area contributed by atoms with E-state index in [2.05, 4.69) is 40.7 Å².